The number of aryl methyl sites for hydroxylation is 2. The van der Waals surface area contributed by atoms with Crippen molar-refractivity contribution in [1.82, 2.24) is 9.97 Å². The number of rotatable bonds is 3. The number of nitrogens with zero attached hydrogens (tertiary/aromatic N) is 1. The van der Waals surface area contributed by atoms with Gasteiger partial charge >= 0.3 is 0 Å². The maximum absolute atomic E-state index is 5.51. The van der Waals surface area contributed by atoms with E-state index in [4.69, 9.17) is 5.73 Å². The molecule has 0 atom stereocenters. The summed E-state index contributed by atoms with van der Waals surface area (Å²) in [6.07, 6.45) is 5.07. The number of benzene rings is 1. The van der Waals surface area contributed by atoms with Crippen molar-refractivity contribution >= 4 is 22.8 Å². The summed E-state index contributed by atoms with van der Waals surface area (Å²) in [7, 11) is 0. The lowest BCUT2D eigenvalue weighted by molar-refractivity contribution is 0.687. The summed E-state index contributed by atoms with van der Waals surface area (Å²) in [6, 6.07) is 4.54. The molecule has 0 saturated heterocycles. The van der Waals surface area contributed by atoms with Crippen LogP contribution in [0.2, 0.25) is 0 Å². The van der Waals surface area contributed by atoms with Gasteiger partial charge in [-0.15, -0.1) is 0 Å². The summed E-state index contributed by atoms with van der Waals surface area (Å²) in [6.45, 7) is 0.693. The molecule has 1 aromatic carbocycles. The van der Waals surface area contributed by atoms with Crippen LogP contribution in [0, 0.1) is 0 Å². The van der Waals surface area contributed by atoms with E-state index in [9.17, 15) is 0 Å². The number of hydrogen-bond acceptors (Lipinski definition) is 3. The maximum atomic E-state index is 5.51. The van der Waals surface area contributed by atoms with Crippen LogP contribution in [0.4, 0.5) is 0 Å². The number of hydrogen-bond donors (Lipinski definition) is 2. The Morgan fingerprint density at radius 3 is 2.76 bits per heavy atom. The van der Waals surface area contributed by atoms with Crippen LogP contribution in [0.5, 0.6) is 0 Å². The molecule has 4 heteroatoms. The fraction of sp³-hybridized carbons (Fsp3) is 0.462. The van der Waals surface area contributed by atoms with Crippen molar-refractivity contribution in [3.8, 4) is 0 Å². The Bertz CT molecular complexity index is 490. The van der Waals surface area contributed by atoms with Gasteiger partial charge in [0.2, 0.25) is 0 Å². The van der Waals surface area contributed by atoms with Gasteiger partial charge in [-0.25, -0.2) is 4.98 Å². The second kappa shape index (κ2) is 4.70. The van der Waals surface area contributed by atoms with Gasteiger partial charge in [0.1, 0.15) is 0 Å². The highest BCUT2D eigenvalue weighted by Gasteiger charge is 2.12. The third-order valence-electron chi connectivity index (χ3n) is 3.28. The van der Waals surface area contributed by atoms with Gasteiger partial charge in [-0.3, -0.25) is 0 Å². The molecule has 3 rings (SSSR count). The van der Waals surface area contributed by atoms with E-state index in [1.54, 1.807) is 11.8 Å². The smallest absolute Gasteiger partial charge is 0.166 e. The minimum Gasteiger partial charge on any atom is -0.333 e. The van der Waals surface area contributed by atoms with Crippen LogP contribution < -0.4 is 5.73 Å². The van der Waals surface area contributed by atoms with Crippen molar-refractivity contribution in [3.05, 3.63) is 23.3 Å². The zero-order valence-electron chi connectivity index (χ0n) is 9.83. The minimum absolute atomic E-state index is 0.693. The first-order valence-electron chi connectivity index (χ1n) is 6.21. The van der Waals surface area contributed by atoms with Gasteiger partial charge in [-0.1, -0.05) is 11.8 Å². The van der Waals surface area contributed by atoms with E-state index in [0.717, 1.165) is 16.4 Å². The van der Waals surface area contributed by atoms with Crippen molar-refractivity contribution in [2.24, 2.45) is 5.73 Å². The van der Waals surface area contributed by atoms with E-state index in [2.05, 4.69) is 22.1 Å². The Balaban J connectivity index is 1.98. The summed E-state index contributed by atoms with van der Waals surface area (Å²) in [5.41, 5.74) is 10.8. The van der Waals surface area contributed by atoms with Crippen LogP contribution in [-0.2, 0) is 12.8 Å². The summed E-state index contributed by atoms with van der Waals surface area (Å²) >= 11 is 1.70. The molecule has 0 amide bonds. The van der Waals surface area contributed by atoms with Gasteiger partial charge in [-0.05, 0) is 48.9 Å². The van der Waals surface area contributed by atoms with Crippen molar-refractivity contribution in [2.45, 2.75) is 30.8 Å². The molecule has 0 fully saturated rings. The monoisotopic (exact) mass is 247 g/mol. The normalized spacial score (nSPS) is 15.1. The highest BCUT2D eigenvalue weighted by molar-refractivity contribution is 7.99. The molecule has 0 saturated carbocycles. The topological polar surface area (TPSA) is 54.7 Å². The lowest BCUT2D eigenvalue weighted by atomic mass is 9.91. The first-order valence-corrected chi connectivity index (χ1v) is 7.20. The number of thioether (sulfide) groups is 1. The van der Waals surface area contributed by atoms with Gasteiger partial charge in [-0.2, -0.15) is 0 Å². The molecule has 3 N–H and O–H groups in total. The molecule has 17 heavy (non-hydrogen) atoms. The average Bonchev–Trinajstić information content (AvgIpc) is 2.75. The van der Waals surface area contributed by atoms with Crippen molar-refractivity contribution in [2.75, 3.05) is 12.3 Å². The van der Waals surface area contributed by atoms with Crippen LogP contribution in [0.25, 0.3) is 11.0 Å². The molecule has 90 valence electrons. The minimum atomic E-state index is 0.693. The SMILES string of the molecule is NCCSc1nc2cc3c(cc2[nH]1)CCCC3. The maximum Gasteiger partial charge on any atom is 0.166 e. The molecule has 2 aromatic rings. The fourth-order valence-corrected chi connectivity index (χ4v) is 3.10. The molecule has 3 nitrogen and oxygen atoms in total. The second-order valence-corrected chi connectivity index (χ2v) is 5.61. The summed E-state index contributed by atoms with van der Waals surface area (Å²) in [5, 5.41) is 0.993. The molecule has 1 heterocycles. The second-order valence-electron chi connectivity index (χ2n) is 4.52. The predicted octanol–water partition coefficient (Wildman–Crippen LogP) is 2.49. The van der Waals surface area contributed by atoms with Crippen molar-refractivity contribution < 1.29 is 0 Å². The molecule has 0 spiro atoms. The number of nitrogens with one attached hydrogen (secondary N) is 1. The lowest BCUT2D eigenvalue weighted by Gasteiger charge is -2.14. The number of H-pyrrole nitrogens is 1. The first kappa shape index (κ1) is 11.1. The highest BCUT2D eigenvalue weighted by atomic mass is 32.2. The molecule has 0 bridgehead atoms. The van der Waals surface area contributed by atoms with Crippen LogP contribution in [0.3, 0.4) is 0 Å². The summed E-state index contributed by atoms with van der Waals surface area (Å²) < 4.78 is 0. The third-order valence-corrected chi connectivity index (χ3v) is 4.19. The van der Waals surface area contributed by atoms with Gasteiger partial charge in [0.05, 0.1) is 11.0 Å². The van der Waals surface area contributed by atoms with Crippen LogP contribution in [0.15, 0.2) is 17.3 Å². The zero-order valence-corrected chi connectivity index (χ0v) is 10.6. The average molecular weight is 247 g/mol. The van der Waals surface area contributed by atoms with Gasteiger partial charge in [0, 0.05) is 12.3 Å². The van der Waals surface area contributed by atoms with Crippen LogP contribution >= 0.6 is 11.8 Å². The summed E-state index contributed by atoms with van der Waals surface area (Å²) in [4.78, 5) is 7.99. The fourth-order valence-electron chi connectivity index (χ4n) is 2.44. The largest absolute Gasteiger partial charge is 0.333 e. The Kier molecular flexibility index (Phi) is 3.07. The van der Waals surface area contributed by atoms with E-state index in [-0.39, 0.29) is 0 Å². The molecule has 0 aliphatic heterocycles. The summed E-state index contributed by atoms with van der Waals surface area (Å²) in [5.74, 6) is 0.916. The van der Waals surface area contributed by atoms with E-state index in [1.165, 1.54) is 42.3 Å². The van der Waals surface area contributed by atoms with Crippen LogP contribution in [-0.4, -0.2) is 22.3 Å². The van der Waals surface area contributed by atoms with E-state index in [1.807, 2.05) is 0 Å². The van der Waals surface area contributed by atoms with Crippen molar-refractivity contribution in [3.63, 3.8) is 0 Å². The number of fused-ring (bicyclic) bond motifs is 2. The van der Waals surface area contributed by atoms with Gasteiger partial charge < -0.3 is 10.7 Å². The Morgan fingerprint density at radius 1 is 1.24 bits per heavy atom. The van der Waals surface area contributed by atoms with Crippen molar-refractivity contribution in [1.29, 1.82) is 0 Å². The highest BCUT2D eigenvalue weighted by Crippen LogP contribution is 2.27. The standard InChI is InChI=1S/C13H17N3S/c14-5-6-17-13-15-11-7-9-3-1-2-4-10(9)8-12(11)16-13/h7-8H,1-6,14H2,(H,15,16). The third kappa shape index (κ3) is 2.19. The Hall–Kier alpha value is -1.00. The molecular formula is C13H17N3S. The van der Waals surface area contributed by atoms with Gasteiger partial charge in [0.25, 0.3) is 0 Å². The number of aromatic amines is 1. The Morgan fingerprint density at radius 2 is 2.00 bits per heavy atom. The molecule has 1 aliphatic carbocycles. The molecule has 0 unspecified atom stereocenters. The first-order chi connectivity index (χ1) is 8.36. The molecule has 0 radical (unpaired) electrons. The quantitative estimate of drug-likeness (QED) is 0.819. The lowest BCUT2D eigenvalue weighted by Crippen LogP contribution is -2.01. The van der Waals surface area contributed by atoms with Crippen LogP contribution in [0.1, 0.15) is 24.0 Å². The predicted molar refractivity (Wildman–Crippen MR) is 72.5 cm³/mol. The van der Waals surface area contributed by atoms with Gasteiger partial charge in [0.15, 0.2) is 5.16 Å². The number of nitrogens with two attached hydrogens (primary N) is 1. The van der Waals surface area contributed by atoms with E-state index >= 15 is 0 Å². The molecule has 1 aromatic heterocycles. The van der Waals surface area contributed by atoms with E-state index in [0.29, 0.717) is 6.54 Å². The molecular weight excluding hydrogens is 230 g/mol. The number of aromatic nitrogens is 2. The molecule has 1 aliphatic rings. The zero-order chi connectivity index (χ0) is 11.7. The van der Waals surface area contributed by atoms with E-state index < -0.39 is 0 Å². The Labute approximate surface area is 105 Å². The number of imidazole rings is 1.